The van der Waals surface area contributed by atoms with Gasteiger partial charge in [0.2, 0.25) is 0 Å². The number of hydrogen-bond donors (Lipinski definition) is 1. The fourth-order valence-corrected chi connectivity index (χ4v) is 2.89. The number of rotatable bonds is 4. The van der Waals surface area contributed by atoms with Crippen molar-refractivity contribution in [3.8, 4) is 0 Å². The molecule has 1 aromatic carbocycles. The van der Waals surface area contributed by atoms with Gasteiger partial charge in [-0.3, -0.25) is 25.1 Å². The number of nitrogens with one attached hydrogen (secondary N) is 1. The molecule has 2 rings (SSSR count). The van der Waals surface area contributed by atoms with Gasteiger partial charge in [0.1, 0.15) is 6.04 Å². The molecule has 0 aromatic heterocycles. The van der Waals surface area contributed by atoms with E-state index in [1.54, 1.807) is 6.26 Å². The summed E-state index contributed by atoms with van der Waals surface area (Å²) in [6, 6.07) is 3.86. The van der Waals surface area contributed by atoms with Crippen molar-refractivity contribution in [3.63, 3.8) is 0 Å². The van der Waals surface area contributed by atoms with Crippen molar-refractivity contribution in [1.82, 2.24) is 10.2 Å². The van der Waals surface area contributed by atoms with Crippen molar-refractivity contribution in [3.05, 3.63) is 60.8 Å². The molecular weight excluding hydrogens is 312 g/mol. The van der Waals surface area contributed by atoms with Gasteiger partial charge in [-0.15, -0.1) is 11.8 Å². The molecule has 1 atom stereocenters. The molecule has 0 fully saturated rings. The van der Waals surface area contributed by atoms with Gasteiger partial charge in [0.05, 0.1) is 9.85 Å². The van der Waals surface area contributed by atoms with E-state index in [0.29, 0.717) is 5.56 Å². The first-order chi connectivity index (χ1) is 10.4. The van der Waals surface area contributed by atoms with Crippen LogP contribution < -0.4 is 5.32 Å². The summed E-state index contributed by atoms with van der Waals surface area (Å²) in [5, 5.41) is 24.8. The maximum absolute atomic E-state index is 11.9. The topological polar surface area (TPSA) is 119 Å². The predicted octanol–water partition coefficient (Wildman–Crippen LogP) is 2.10. The van der Waals surface area contributed by atoms with Gasteiger partial charge in [0, 0.05) is 19.2 Å². The van der Waals surface area contributed by atoms with Gasteiger partial charge >= 0.3 is 11.7 Å². The fraction of sp³-hybridized carbons (Fsp3) is 0.250. The minimum Gasteiger partial charge on any atom is -0.321 e. The molecule has 0 radical (unpaired) electrons. The van der Waals surface area contributed by atoms with Crippen molar-refractivity contribution < 1.29 is 14.6 Å². The number of nitro groups is 2. The standard InChI is InChI=1S/C12H12N4O5S/c1-14-11(22-2)10(16(20)21)9(13-12(14)17)7-3-5-8(6-4-7)15(18)19/h3-6,9H,1-2H3,(H,13,17)/t9-/m1/s1. The lowest BCUT2D eigenvalue weighted by atomic mass is 10.0. The Morgan fingerprint density at radius 1 is 1.18 bits per heavy atom. The first kappa shape index (κ1) is 15.8. The molecule has 0 bridgehead atoms. The van der Waals surface area contributed by atoms with Gasteiger partial charge in [-0.1, -0.05) is 0 Å². The quantitative estimate of drug-likeness (QED) is 0.669. The molecule has 0 spiro atoms. The summed E-state index contributed by atoms with van der Waals surface area (Å²) in [5.41, 5.74) is 0.119. The first-order valence-corrected chi connectivity index (χ1v) is 7.30. The number of urea groups is 1. The Morgan fingerprint density at radius 3 is 2.23 bits per heavy atom. The predicted molar refractivity (Wildman–Crippen MR) is 79.7 cm³/mol. The average molecular weight is 324 g/mol. The summed E-state index contributed by atoms with van der Waals surface area (Å²) in [5.74, 6) is 0. The van der Waals surface area contributed by atoms with Crippen molar-refractivity contribution in [2.45, 2.75) is 6.04 Å². The van der Waals surface area contributed by atoms with Crippen molar-refractivity contribution in [2.75, 3.05) is 13.3 Å². The van der Waals surface area contributed by atoms with Crippen LogP contribution in [0.4, 0.5) is 10.5 Å². The van der Waals surface area contributed by atoms with Gasteiger partial charge in [0.25, 0.3) is 5.69 Å². The van der Waals surface area contributed by atoms with E-state index in [0.717, 1.165) is 11.8 Å². The number of nitrogens with zero attached hydrogens (tertiary/aromatic N) is 3. The lowest BCUT2D eigenvalue weighted by molar-refractivity contribution is -0.432. The normalized spacial score (nSPS) is 18.2. The zero-order chi connectivity index (χ0) is 16.4. The lowest BCUT2D eigenvalue weighted by Crippen LogP contribution is -2.45. The Morgan fingerprint density at radius 2 is 1.77 bits per heavy atom. The van der Waals surface area contributed by atoms with Crippen LogP contribution in [0.5, 0.6) is 0 Å². The van der Waals surface area contributed by atoms with E-state index in [-0.39, 0.29) is 16.4 Å². The molecule has 1 aromatic rings. The maximum Gasteiger partial charge on any atom is 0.323 e. The van der Waals surface area contributed by atoms with Crippen molar-refractivity contribution >= 4 is 23.5 Å². The summed E-state index contributed by atoms with van der Waals surface area (Å²) in [6.07, 6.45) is 1.64. The molecule has 2 amide bonds. The van der Waals surface area contributed by atoms with Crippen LogP contribution >= 0.6 is 11.8 Å². The van der Waals surface area contributed by atoms with E-state index in [1.807, 2.05) is 0 Å². The third-order valence-electron chi connectivity index (χ3n) is 3.20. The van der Waals surface area contributed by atoms with Crippen LogP contribution in [0.1, 0.15) is 11.6 Å². The average Bonchev–Trinajstić information content (AvgIpc) is 2.49. The first-order valence-electron chi connectivity index (χ1n) is 6.08. The second-order valence-corrected chi connectivity index (χ2v) is 5.24. The Hall–Kier alpha value is -2.62. The van der Waals surface area contributed by atoms with E-state index in [9.17, 15) is 25.0 Å². The summed E-state index contributed by atoms with van der Waals surface area (Å²) >= 11 is 1.10. The third-order valence-corrected chi connectivity index (χ3v) is 4.07. The minimum absolute atomic E-state index is 0.125. The molecule has 22 heavy (non-hydrogen) atoms. The largest absolute Gasteiger partial charge is 0.323 e. The molecule has 0 saturated heterocycles. The summed E-state index contributed by atoms with van der Waals surface area (Å²) in [6.45, 7) is 0. The van der Waals surface area contributed by atoms with Crippen LogP contribution in [0, 0.1) is 20.2 Å². The zero-order valence-corrected chi connectivity index (χ0v) is 12.5. The van der Waals surface area contributed by atoms with Crippen LogP contribution in [0.15, 0.2) is 35.0 Å². The van der Waals surface area contributed by atoms with Crippen molar-refractivity contribution in [2.24, 2.45) is 0 Å². The minimum atomic E-state index is -0.957. The number of amides is 2. The van der Waals surface area contributed by atoms with E-state index in [4.69, 9.17) is 0 Å². The number of carbonyl (C=O) groups is 1. The second kappa shape index (κ2) is 6.02. The number of nitro benzene ring substituents is 1. The second-order valence-electron chi connectivity index (χ2n) is 4.44. The fourth-order valence-electron chi connectivity index (χ4n) is 2.13. The number of benzene rings is 1. The van der Waals surface area contributed by atoms with Gasteiger partial charge in [-0.25, -0.2) is 4.79 Å². The highest BCUT2D eigenvalue weighted by Crippen LogP contribution is 2.34. The molecule has 1 aliphatic rings. The molecule has 10 heteroatoms. The Bertz CT molecular complexity index is 673. The maximum atomic E-state index is 11.9. The Kier molecular flexibility index (Phi) is 4.31. The monoisotopic (exact) mass is 324 g/mol. The van der Waals surface area contributed by atoms with Gasteiger partial charge < -0.3 is 5.32 Å². The van der Waals surface area contributed by atoms with Crippen LogP contribution in [0.25, 0.3) is 0 Å². The van der Waals surface area contributed by atoms with E-state index in [2.05, 4.69) is 5.32 Å². The van der Waals surface area contributed by atoms with E-state index >= 15 is 0 Å². The van der Waals surface area contributed by atoms with Crippen molar-refractivity contribution in [1.29, 1.82) is 0 Å². The molecule has 1 heterocycles. The van der Waals surface area contributed by atoms with Crippen LogP contribution in [0.2, 0.25) is 0 Å². The molecule has 1 aliphatic heterocycles. The highest BCUT2D eigenvalue weighted by Gasteiger charge is 2.39. The zero-order valence-electron chi connectivity index (χ0n) is 11.7. The van der Waals surface area contributed by atoms with E-state index < -0.39 is 21.9 Å². The number of non-ortho nitro benzene ring substituents is 1. The van der Waals surface area contributed by atoms with Crippen LogP contribution in [-0.4, -0.2) is 34.1 Å². The summed E-state index contributed by atoms with van der Waals surface area (Å²) in [7, 11) is 1.44. The molecule has 0 saturated carbocycles. The molecule has 9 nitrogen and oxygen atoms in total. The van der Waals surface area contributed by atoms with Crippen LogP contribution in [-0.2, 0) is 0 Å². The summed E-state index contributed by atoms with van der Waals surface area (Å²) in [4.78, 5) is 34.0. The summed E-state index contributed by atoms with van der Waals surface area (Å²) < 4.78 is 0. The molecule has 1 N–H and O–H groups in total. The Balaban J connectivity index is 2.52. The highest BCUT2D eigenvalue weighted by molar-refractivity contribution is 8.02. The number of hydrogen-bond acceptors (Lipinski definition) is 6. The van der Waals surface area contributed by atoms with Gasteiger partial charge in [-0.2, -0.15) is 0 Å². The smallest absolute Gasteiger partial charge is 0.321 e. The van der Waals surface area contributed by atoms with Gasteiger partial charge in [0.15, 0.2) is 5.03 Å². The molecule has 0 aliphatic carbocycles. The lowest BCUT2D eigenvalue weighted by Gasteiger charge is -2.29. The van der Waals surface area contributed by atoms with E-state index in [1.165, 1.54) is 36.2 Å². The number of carbonyl (C=O) groups excluding carboxylic acids is 1. The number of thioether (sulfide) groups is 1. The van der Waals surface area contributed by atoms with Crippen LogP contribution in [0.3, 0.4) is 0 Å². The molecule has 0 unspecified atom stereocenters. The van der Waals surface area contributed by atoms with Gasteiger partial charge in [-0.05, 0) is 24.0 Å². The third kappa shape index (κ3) is 2.72. The molecular formula is C12H12N4O5S. The molecule has 116 valence electrons. The highest BCUT2D eigenvalue weighted by atomic mass is 32.2. The SMILES string of the molecule is CSC1=C([N+](=O)[O-])[C@@H](c2ccc([N+](=O)[O-])cc2)NC(=O)N1C. The Labute approximate surface area is 129 Å².